The molecule has 1 rings (SSSR count). The van der Waals surface area contributed by atoms with Crippen LogP contribution in [0.1, 0.15) is 12.5 Å². The molecule has 5 nitrogen and oxygen atoms in total. The van der Waals surface area contributed by atoms with E-state index < -0.39 is 18.0 Å². The molecule has 0 aliphatic heterocycles. The first-order valence-electron chi connectivity index (χ1n) is 5.39. The van der Waals surface area contributed by atoms with Gasteiger partial charge < -0.3 is 15.3 Å². The van der Waals surface area contributed by atoms with Gasteiger partial charge in [-0.3, -0.25) is 4.79 Å². The number of hydrogen-bond acceptors (Lipinski definition) is 2. The summed E-state index contributed by atoms with van der Waals surface area (Å²) >= 11 is 5.84. The number of nitrogens with one attached hydrogen (secondary N) is 1. The summed E-state index contributed by atoms with van der Waals surface area (Å²) in [4.78, 5) is 23.7. The number of benzene rings is 1. The molecule has 1 atom stereocenters. The van der Waals surface area contributed by atoms with E-state index in [2.05, 4.69) is 5.32 Å². The number of carbonyl (C=O) groups excluding carboxylic acids is 1. The van der Waals surface area contributed by atoms with Gasteiger partial charge in [0, 0.05) is 18.6 Å². The lowest BCUT2D eigenvalue weighted by Crippen LogP contribution is -2.44. The maximum absolute atomic E-state index is 11.7. The van der Waals surface area contributed by atoms with Crippen molar-refractivity contribution in [2.75, 3.05) is 7.05 Å². The van der Waals surface area contributed by atoms with Gasteiger partial charge in [-0.25, -0.2) is 4.79 Å². The summed E-state index contributed by atoms with van der Waals surface area (Å²) in [6, 6.07) is 5.78. The maximum atomic E-state index is 11.7. The summed E-state index contributed by atoms with van der Waals surface area (Å²) in [7, 11) is 1.59. The van der Waals surface area contributed by atoms with E-state index in [1.54, 1.807) is 25.2 Å². The van der Waals surface area contributed by atoms with Crippen molar-refractivity contribution in [3.05, 3.63) is 34.9 Å². The lowest BCUT2D eigenvalue weighted by Gasteiger charge is -2.19. The van der Waals surface area contributed by atoms with Crippen LogP contribution in [0.25, 0.3) is 0 Å². The topological polar surface area (TPSA) is 69.6 Å². The normalized spacial score (nSPS) is 11.7. The Morgan fingerprint density at radius 2 is 2.17 bits per heavy atom. The minimum Gasteiger partial charge on any atom is -0.480 e. The molecular weight excluding hydrogens is 256 g/mol. The van der Waals surface area contributed by atoms with Gasteiger partial charge >= 0.3 is 12.0 Å². The number of hydrogen-bond donors (Lipinski definition) is 2. The van der Waals surface area contributed by atoms with Crippen molar-refractivity contribution in [1.29, 1.82) is 0 Å². The molecule has 0 fully saturated rings. The van der Waals surface area contributed by atoms with E-state index in [1.807, 2.05) is 6.07 Å². The third kappa shape index (κ3) is 4.25. The number of carboxylic acids is 1. The smallest absolute Gasteiger partial charge is 0.325 e. The molecule has 2 amide bonds. The molecule has 0 aliphatic rings. The lowest BCUT2D eigenvalue weighted by molar-refractivity contribution is -0.138. The molecule has 6 heteroatoms. The molecule has 0 bridgehead atoms. The zero-order valence-electron chi connectivity index (χ0n) is 10.2. The molecule has 0 aliphatic carbocycles. The van der Waals surface area contributed by atoms with E-state index in [4.69, 9.17) is 16.7 Å². The van der Waals surface area contributed by atoms with Crippen LogP contribution in [0.15, 0.2) is 24.3 Å². The number of carboxylic acid groups (broad SMARTS) is 1. The highest BCUT2D eigenvalue weighted by Crippen LogP contribution is 2.12. The zero-order valence-corrected chi connectivity index (χ0v) is 10.9. The summed E-state index contributed by atoms with van der Waals surface area (Å²) in [5.74, 6) is -1.07. The van der Waals surface area contributed by atoms with Gasteiger partial charge in [-0.1, -0.05) is 23.7 Å². The molecule has 0 aromatic heterocycles. The van der Waals surface area contributed by atoms with Crippen LogP contribution < -0.4 is 5.32 Å². The number of nitrogens with zero attached hydrogens (tertiary/aromatic N) is 1. The molecule has 0 unspecified atom stereocenters. The van der Waals surface area contributed by atoms with Crippen molar-refractivity contribution in [1.82, 2.24) is 10.2 Å². The number of halogens is 1. The monoisotopic (exact) mass is 270 g/mol. The van der Waals surface area contributed by atoms with Crippen molar-refractivity contribution in [3.8, 4) is 0 Å². The summed E-state index contributed by atoms with van der Waals surface area (Å²) in [6.07, 6.45) is 0. The standard InChI is InChI=1S/C12H15ClN2O3/c1-8(11(16)17)14-12(18)15(2)7-9-4-3-5-10(13)6-9/h3-6,8H,7H2,1-2H3,(H,14,18)(H,16,17)/t8-/m0/s1. The van der Waals surface area contributed by atoms with Gasteiger partial charge in [-0.05, 0) is 24.6 Å². The SMILES string of the molecule is C[C@H](NC(=O)N(C)Cc1cccc(Cl)c1)C(=O)O. The van der Waals surface area contributed by atoms with Crippen LogP contribution in [0, 0.1) is 0 Å². The predicted molar refractivity (Wildman–Crippen MR) is 68.5 cm³/mol. The van der Waals surface area contributed by atoms with E-state index in [9.17, 15) is 9.59 Å². The van der Waals surface area contributed by atoms with Crippen LogP contribution in [-0.2, 0) is 11.3 Å². The molecule has 98 valence electrons. The summed E-state index contributed by atoms with van der Waals surface area (Å²) in [5.41, 5.74) is 0.878. The highest BCUT2D eigenvalue weighted by molar-refractivity contribution is 6.30. The van der Waals surface area contributed by atoms with Gasteiger partial charge in [-0.2, -0.15) is 0 Å². The van der Waals surface area contributed by atoms with E-state index in [1.165, 1.54) is 11.8 Å². The van der Waals surface area contributed by atoms with Crippen LogP contribution >= 0.6 is 11.6 Å². The Morgan fingerprint density at radius 1 is 1.50 bits per heavy atom. The van der Waals surface area contributed by atoms with Crippen LogP contribution in [0.4, 0.5) is 4.79 Å². The van der Waals surface area contributed by atoms with Crippen molar-refractivity contribution in [2.45, 2.75) is 19.5 Å². The second kappa shape index (κ2) is 6.26. The van der Waals surface area contributed by atoms with Crippen molar-refractivity contribution in [3.63, 3.8) is 0 Å². The summed E-state index contributed by atoms with van der Waals surface area (Å²) in [5, 5.41) is 11.7. The Balaban J connectivity index is 2.57. The van der Waals surface area contributed by atoms with Gasteiger partial charge in [-0.15, -0.1) is 0 Å². The fourth-order valence-corrected chi connectivity index (χ4v) is 1.55. The second-order valence-electron chi connectivity index (χ2n) is 4.00. The first kappa shape index (κ1) is 14.3. The van der Waals surface area contributed by atoms with Crippen LogP contribution in [0.3, 0.4) is 0 Å². The number of amides is 2. The first-order chi connectivity index (χ1) is 8.40. The highest BCUT2D eigenvalue weighted by atomic mass is 35.5. The second-order valence-corrected chi connectivity index (χ2v) is 4.43. The fourth-order valence-electron chi connectivity index (χ4n) is 1.34. The van der Waals surface area contributed by atoms with Crippen molar-refractivity contribution >= 4 is 23.6 Å². The van der Waals surface area contributed by atoms with E-state index in [0.717, 1.165) is 5.56 Å². The number of carbonyl (C=O) groups is 2. The van der Waals surface area contributed by atoms with Crippen molar-refractivity contribution in [2.24, 2.45) is 0 Å². The quantitative estimate of drug-likeness (QED) is 0.879. The summed E-state index contributed by atoms with van der Waals surface area (Å²) < 4.78 is 0. The molecule has 0 saturated heterocycles. The van der Waals surface area contributed by atoms with Gasteiger partial charge in [0.25, 0.3) is 0 Å². The minimum absolute atomic E-state index is 0.360. The van der Waals surface area contributed by atoms with Crippen LogP contribution in [0.5, 0.6) is 0 Å². The van der Waals surface area contributed by atoms with Crippen LogP contribution in [-0.4, -0.2) is 35.1 Å². The van der Waals surface area contributed by atoms with Crippen LogP contribution in [0.2, 0.25) is 5.02 Å². The highest BCUT2D eigenvalue weighted by Gasteiger charge is 2.16. The Bertz CT molecular complexity index is 451. The lowest BCUT2D eigenvalue weighted by atomic mass is 10.2. The predicted octanol–water partition coefficient (Wildman–Crippen LogP) is 1.95. The van der Waals surface area contributed by atoms with E-state index >= 15 is 0 Å². The minimum atomic E-state index is -1.07. The average Bonchev–Trinajstić information content (AvgIpc) is 2.28. The Hall–Kier alpha value is -1.75. The number of urea groups is 1. The Morgan fingerprint density at radius 3 is 2.72 bits per heavy atom. The number of aliphatic carboxylic acids is 1. The largest absolute Gasteiger partial charge is 0.480 e. The molecule has 0 radical (unpaired) electrons. The molecule has 2 N–H and O–H groups in total. The van der Waals surface area contributed by atoms with Gasteiger partial charge in [0.05, 0.1) is 0 Å². The number of rotatable bonds is 4. The molecule has 18 heavy (non-hydrogen) atoms. The molecule has 0 heterocycles. The van der Waals surface area contributed by atoms with Crippen molar-refractivity contribution < 1.29 is 14.7 Å². The molecule has 0 saturated carbocycles. The van der Waals surface area contributed by atoms with E-state index in [-0.39, 0.29) is 0 Å². The first-order valence-corrected chi connectivity index (χ1v) is 5.77. The Kier molecular flexibility index (Phi) is 4.97. The maximum Gasteiger partial charge on any atom is 0.325 e. The molecule has 1 aromatic rings. The van der Waals surface area contributed by atoms with Gasteiger partial charge in [0.1, 0.15) is 6.04 Å². The summed E-state index contributed by atoms with van der Waals surface area (Å²) in [6.45, 7) is 1.77. The molecule has 1 aromatic carbocycles. The molecular formula is C12H15ClN2O3. The van der Waals surface area contributed by atoms with E-state index in [0.29, 0.717) is 11.6 Å². The Labute approximate surface area is 110 Å². The van der Waals surface area contributed by atoms with Gasteiger partial charge in [0.15, 0.2) is 0 Å². The third-order valence-corrected chi connectivity index (χ3v) is 2.60. The average molecular weight is 271 g/mol. The zero-order chi connectivity index (χ0) is 13.7. The van der Waals surface area contributed by atoms with Gasteiger partial charge in [0.2, 0.25) is 0 Å². The third-order valence-electron chi connectivity index (χ3n) is 2.37. The fraction of sp³-hybridized carbons (Fsp3) is 0.333. The molecule has 0 spiro atoms.